The zero-order valence-electron chi connectivity index (χ0n) is 16.5. The number of ether oxygens (including phenoxy) is 1. The van der Waals surface area contributed by atoms with Gasteiger partial charge in [-0.05, 0) is 50.1 Å². The number of urea groups is 1. The van der Waals surface area contributed by atoms with Gasteiger partial charge in [-0.1, -0.05) is 54.1 Å². The van der Waals surface area contributed by atoms with E-state index < -0.39 is 30.1 Å². The predicted molar refractivity (Wildman–Crippen MR) is 113 cm³/mol. The van der Waals surface area contributed by atoms with Crippen molar-refractivity contribution in [2.45, 2.75) is 26.3 Å². The second-order valence-electron chi connectivity index (χ2n) is 7.30. The summed E-state index contributed by atoms with van der Waals surface area (Å²) in [6.07, 6.45) is 1.66. The van der Waals surface area contributed by atoms with Gasteiger partial charge in [0.25, 0.3) is 5.91 Å². The minimum Gasteiger partial charge on any atom is -0.452 e. The van der Waals surface area contributed by atoms with Gasteiger partial charge in [0.05, 0.1) is 5.57 Å². The van der Waals surface area contributed by atoms with E-state index in [4.69, 9.17) is 16.3 Å². The van der Waals surface area contributed by atoms with Gasteiger partial charge in [0.15, 0.2) is 6.61 Å². The molecule has 0 saturated carbocycles. The van der Waals surface area contributed by atoms with Gasteiger partial charge in [-0.15, -0.1) is 0 Å². The van der Waals surface area contributed by atoms with Crippen LogP contribution in [0.15, 0.2) is 54.6 Å². The van der Waals surface area contributed by atoms with Crippen LogP contribution >= 0.6 is 11.6 Å². The van der Waals surface area contributed by atoms with Gasteiger partial charge in [-0.3, -0.25) is 10.1 Å². The van der Waals surface area contributed by atoms with Crippen LogP contribution in [0.25, 0.3) is 11.6 Å². The summed E-state index contributed by atoms with van der Waals surface area (Å²) in [7, 11) is 0. The Labute approximate surface area is 174 Å². The maximum absolute atomic E-state index is 12.6. The van der Waals surface area contributed by atoms with Crippen molar-refractivity contribution < 1.29 is 19.1 Å². The molecule has 0 aliphatic rings. The van der Waals surface area contributed by atoms with E-state index >= 15 is 0 Å². The van der Waals surface area contributed by atoms with Crippen LogP contribution in [-0.2, 0) is 14.3 Å². The molecule has 0 radical (unpaired) electrons. The lowest BCUT2D eigenvalue weighted by Crippen LogP contribution is -2.49. The number of benzene rings is 2. The normalized spacial score (nSPS) is 11.5. The van der Waals surface area contributed by atoms with E-state index in [1.165, 1.54) is 0 Å². The number of carbonyl (C=O) groups excluding carboxylic acids is 3. The summed E-state index contributed by atoms with van der Waals surface area (Å²) in [4.78, 5) is 36.3. The smallest absolute Gasteiger partial charge is 0.339 e. The summed E-state index contributed by atoms with van der Waals surface area (Å²) in [5, 5.41) is 5.25. The number of esters is 1. The first-order chi connectivity index (χ1) is 13.6. The average molecular weight is 415 g/mol. The maximum atomic E-state index is 12.6. The van der Waals surface area contributed by atoms with Gasteiger partial charge in [-0.2, -0.15) is 0 Å². The molecule has 2 rings (SSSR count). The van der Waals surface area contributed by atoms with Crippen molar-refractivity contribution in [3.8, 4) is 0 Å². The lowest BCUT2D eigenvalue weighted by molar-refractivity contribution is -0.142. The molecule has 2 N–H and O–H groups in total. The van der Waals surface area contributed by atoms with Gasteiger partial charge in [-0.25, -0.2) is 9.59 Å². The molecule has 29 heavy (non-hydrogen) atoms. The third-order valence-corrected chi connectivity index (χ3v) is 3.81. The molecule has 0 fully saturated rings. The topological polar surface area (TPSA) is 84.5 Å². The number of rotatable bonds is 5. The molecule has 0 aliphatic carbocycles. The van der Waals surface area contributed by atoms with Crippen LogP contribution in [0, 0.1) is 0 Å². The van der Waals surface area contributed by atoms with Crippen LogP contribution in [0.2, 0.25) is 5.02 Å². The highest BCUT2D eigenvalue weighted by atomic mass is 35.5. The Bertz CT molecular complexity index is 901. The second kappa shape index (κ2) is 9.89. The van der Waals surface area contributed by atoms with E-state index in [0.29, 0.717) is 10.6 Å². The molecular formula is C22H23ClN2O4. The van der Waals surface area contributed by atoms with E-state index in [-0.39, 0.29) is 5.57 Å². The summed E-state index contributed by atoms with van der Waals surface area (Å²) in [5.41, 5.74) is 1.15. The highest BCUT2D eigenvalue weighted by Crippen LogP contribution is 2.22. The molecule has 152 valence electrons. The molecule has 0 heterocycles. The number of imide groups is 1. The zero-order chi connectivity index (χ0) is 21.4. The zero-order valence-corrected chi connectivity index (χ0v) is 17.2. The number of amides is 3. The minimum absolute atomic E-state index is 0.264. The van der Waals surface area contributed by atoms with Crippen LogP contribution in [-0.4, -0.2) is 30.1 Å². The fourth-order valence-corrected chi connectivity index (χ4v) is 2.47. The minimum atomic E-state index is -0.727. The van der Waals surface area contributed by atoms with Crippen LogP contribution in [0.5, 0.6) is 0 Å². The summed E-state index contributed by atoms with van der Waals surface area (Å²) in [5.74, 6) is -1.42. The molecule has 6 nitrogen and oxygen atoms in total. The fraction of sp³-hybridized carbons (Fsp3) is 0.227. The van der Waals surface area contributed by atoms with Crippen molar-refractivity contribution in [2.24, 2.45) is 0 Å². The quantitative estimate of drug-likeness (QED) is 0.439. The van der Waals surface area contributed by atoms with E-state index in [1.807, 2.05) is 30.3 Å². The summed E-state index contributed by atoms with van der Waals surface area (Å²) in [6, 6.07) is 15.3. The third-order valence-electron chi connectivity index (χ3n) is 3.56. The van der Waals surface area contributed by atoms with Crippen LogP contribution in [0.3, 0.4) is 0 Å². The summed E-state index contributed by atoms with van der Waals surface area (Å²) < 4.78 is 5.12. The van der Waals surface area contributed by atoms with Crippen molar-refractivity contribution in [3.05, 3.63) is 70.7 Å². The monoisotopic (exact) mass is 414 g/mol. The summed E-state index contributed by atoms with van der Waals surface area (Å²) >= 11 is 5.93. The number of hydrogen-bond acceptors (Lipinski definition) is 4. The Balaban J connectivity index is 2.10. The van der Waals surface area contributed by atoms with E-state index in [9.17, 15) is 14.4 Å². The van der Waals surface area contributed by atoms with Gasteiger partial charge < -0.3 is 10.1 Å². The first-order valence-corrected chi connectivity index (χ1v) is 9.34. The first-order valence-electron chi connectivity index (χ1n) is 8.96. The van der Waals surface area contributed by atoms with Gasteiger partial charge in [0.2, 0.25) is 0 Å². The number of hydrogen-bond donors (Lipinski definition) is 2. The van der Waals surface area contributed by atoms with Gasteiger partial charge in [0, 0.05) is 10.6 Å². The molecule has 0 bridgehead atoms. The Morgan fingerprint density at radius 1 is 1.00 bits per heavy atom. The van der Waals surface area contributed by atoms with Crippen molar-refractivity contribution in [2.75, 3.05) is 6.61 Å². The lowest BCUT2D eigenvalue weighted by atomic mass is 10.0. The van der Waals surface area contributed by atoms with Crippen LogP contribution < -0.4 is 10.6 Å². The third kappa shape index (κ3) is 7.79. The standard InChI is InChI=1S/C22H23ClN2O4/c1-22(2,3)25-21(28)24-19(26)14-29-20(27)18(13-15-7-5-4-6-8-15)16-9-11-17(23)12-10-16/h4-13H,14H2,1-3H3,(H2,24,25,26,28)/b18-13+. The Kier molecular flexibility index (Phi) is 7.56. The van der Waals surface area contributed by atoms with Crippen LogP contribution in [0.4, 0.5) is 4.79 Å². The highest BCUT2D eigenvalue weighted by Gasteiger charge is 2.19. The van der Waals surface area contributed by atoms with Crippen molar-refractivity contribution >= 4 is 41.2 Å². The van der Waals surface area contributed by atoms with E-state index in [1.54, 1.807) is 51.1 Å². The van der Waals surface area contributed by atoms with Crippen LogP contribution in [0.1, 0.15) is 31.9 Å². The number of halogens is 1. The van der Waals surface area contributed by atoms with Crippen molar-refractivity contribution in [3.63, 3.8) is 0 Å². The molecule has 0 unspecified atom stereocenters. The fourth-order valence-electron chi connectivity index (χ4n) is 2.35. The van der Waals surface area contributed by atoms with Gasteiger partial charge >= 0.3 is 12.0 Å². The Morgan fingerprint density at radius 3 is 2.21 bits per heavy atom. The largest absolute Gasteiger partial charge is 0.452 e. The van der Waals surface area contributed by atoms with E-state index in [2.05, 4.69) is 10.6 Å². The first kappa shape index (κ1) is 22.2. The molecular weight excluding hydrogens is 392 g/mol. The van der Waals surface area contributed by atoms with Crippen molar-refractivity contribution in [1.29, 1.82) is 0 Å². The second-order valence-corrected chi connectivity index (χ2v) is 7.74. The number of nitrogens with one attached hydrogen (secondary N) is 2. The lowest BCUT2D eigenvalue weighted by Gasteiger charge is -2.20. The Hall–Kier alpha value is -3.12. The molecule has 3 amide bonds. The number of carbonyl (C=O) groups is 3. The molecule has 0 aliphatic heterocycles. The summed E-state index contributed by atoms with van der Waals surface area (Å²) in [6.45, 7) is 4.76. The Morgan fingerprint density at radius 2 is 1.62 bits per heavy atom. The molecule has 0 saturated heterocycles. The average Bonchev–Trinajstić information content (AvgIpc) is 2.64. The SMILES string of the molecule is CC(C)(C)NC(=O)NC(=O)COC(=O)/C(=C/c1ccccc1)c1ccc(Cl)cc1. The molecule has 0 atom stereocenters. The predicted octanol–water partition coefficient (Wildman–Crippen LogP) is 4.05. The highest BCUT2D eigenvalue weighted by molar-refractivity contribution is 6.30. The molecule has 7 heteroatoms. The molecule has 0 spiro atoms. The molecule has 2 aromatic rings. The molecule has 0 aromatic heterocycles. The molecule has 2 aromatic carbocycles. The van der Waals surface area contributed by atoms with Gasteiger partial charge in [0.1, 0.15) is 0 Å². The maximum Gasteiger partial charge on any atom is 0.339 e. The van der Waals surface area contributed by atoms with Crippen molar-refractivity contribution in [1.82, 2.24) is 10.6 Å². The van der Waals surface area contributed by atoms with E-state index in [0.717, 1.165) is 5.56 Å².